The van der Waals surface area contributed by atoms with Crippen LogP contribution in [0, 0.1) is 0 Å². The molecule has 2 aromatic rings. The molecule has 1 unspecified atom stereocenters. The molecular formula is C22H23ClN2O4S. The van der Waals surface area contributed by atoms with Crippen LogP contribution in [-0.4, -0.2) is 24.8 Å². The molecule has 0 bridgehead atoms. The summed E-state index contributed by atoms with van der Waals surface area (Å²) < 4.78 is 16.6. The Labute approximate surface area is 186 Å². The van der Waals surface area contributed by atoms with E-state index in [0.717, 1.165) is 11.1 Å². The summed E-state index contributed by atoms with van der Waals surface area (Å²) in [4.78, 5) is 12.6. The second-order valence-electron chi connectivity index (χ2n) is 6.60. The van der Waals surface area contributed by atoms with Gasteiger partial charge in [-0.2, -0.15) is 0 Å². The van der Waals surface area contributed by atoms with Gasteiger partial charge in [0.15, 0.2) is 5.11 Å². The van der Waals surface area contributed by atoms with Crippen LogP contribution in [-0.2, 0) is 16.1 Å². The van der Waals surface area contributed by atoms with Gasteiger partial charge in [-0.3, -0.25) is 0 Å². The number of benzene rings is 2. The Morgan fingerprint density at radius 1 is 1.20 bits per heavy atom. The van der Waals surface area contributed by atoms with Crippen molar-refractivity contribution < 1.29 is 19.0 Å². The molecule has 0 fully saturated rings. The SMILES string of the molecule is CCOC(=O)C1=C(C)NC(=S)NC1c1ccc(OC)c(COc2ccc(Cl)cc2)c1. The standard InChI is InChI=1S/C22H23ClN2O4S/c1-4-28-21(26)19-13(2)24-22(30)25-20(19)14-5-10-18(27-3)15(11-14)12-29-17-8-6-16(23)7-9-17/h5-11,20H,4,12H2,1-3H3,(H2,24,25,30). The number of hydrogen-bond donors (Lipinski definition) is 2. The first-order chi connectivity index (χ1) is 14.4. The lowest BCUT2D eigenvalue weighted by Gasteiger charge is -2.30. The molecule has 0 aromatic heterocycles. The number of rotatable bonds is 7. The lowest BCUT2D eigenvalue weighted by molar-refractivity contribution is -0.139. The van der Waals surface area contributed by atoms with Gasteiger partial charge in [-0.15, -0.1) is 0 Å². The van der Waals surface area contributed by atoms with Gasteiger partial charge in [-0.05, 0) is 68.0 Å². The van der Waals surface area contributed by atoms with E-state index in [2.05, 4.69) is 10.6 Å². The Balaban J connectivity index is 1.91. The number of nitrogens with one attached hydrogen (secondary N) is 2. The number of esters is 1. The maximum atomic E-state index is 12.6. The summed E-state index contributed by atoms with van der Waals surface area (Å²) in [6.45, 7) is 4.15. The first kappa shape index (κ1) is 21.9. The molecule has 158 valence electrons. The Bertz CT molecular complexity index is 976. The molecular weight excluding hydrogens is 424 g/mol. The molecule has 0 radical (unpaired) electrons. The maximum absolute atomic E-state index is 12.6. The predicted octanol–water partition coefficient (Wildman–Crippen LogP) is 4.28. The molecule has 1 atom stereocenters. The first-order valence-corrected chi connectivity index (χ1v) is 10.2. The molecule has 0 saturated heterocycles. The summed E-state index contributed by atoms with van der Waals surface area (Å²) >= 11 is 11.2. The van der Waals surface area contributed by atoms with Crippen LogP contribution >= 0.6 is 23.8 Å². The molecule has 8 heteroatoms. The van der Waals surface area contributed by atoms with E-state index in [0.29, 0.717) is 32.9 Å². The summed E-state index contributed by atoms with van der Waals surface area (Å²) in [7, 11) is 1.60. The number of carbonyl (C=O) groups excluding carboxylic acids is 1. The van der Waals surface area contributed by atoms with Crippen molar-refractivity contribution in [1.29, 1.82) is 0 Å². The summed E-state index contributed by atoms with van der Waals surface area (Å²) in [5.41, 5.74) is 2.82. The maximum Gasteiger partial charge on any atom is 0.338 e. The minimum absolute atomic E-state index is 0.283. The normalized spacial score (nSPS) is 15.9. The number of thiocarbonyl (C=S) groups is 1. The Kier molecular flexibility index (Phi) is 7.18. The highest BCUT2D eigenvalue weighted by Crippen LogP contribution is 2.31. The highest BCUT2D eigenvalue weighted by molar-refractivity contribution is 7.80. The number of carbonyl (C=O) groups is 1. The van der Waals surface area contributed by atoms with Gasteiger partial charge in [0, 0.05) is 16.3 Å². The molecule has 6 nitrogen and oxygen atoms in total. The molecule has 3 rings (SSSR count). The van der Waals surface area contributed by atoms with Gasteiger partial charge in [0.1, 0.15) is 18.1 Å². The van der Waals surface area contributed by atoms with Crippen molar-refractivity contribution in [2.75, 3.05) is 13.7 Å². The Morgan fingerprint density at radius 2 is 1.93 bits per heavy atom. The van der Waals surface area contributed by atoms with E-state index in [4.69, 9.17) is 38.0 Å². The van der Waals surface area contributed by atoms with E-state index in [1.807, 2.05) is 18.2 Å². The molecule has 1 aliphatic rings. The van der Waals surface area contributed by atoms with Crippen LogP contribution in [0.5, 0.6) is 11.5 Å². The summed E-state index contributed by atoms with van der Waals surface area (Å²) in [6, 6.07) is 12.4. The van der Waals surface area contributed by atoms with Crippen LogP contribution in [0.3, 0.4) is 0 Å². The quantitative estimate of drug-likeness (QED) is 0.485. The van der Waals surface area contributed by atoms with Gasteiger partial charge in [0.05, 0.1) is 25.3 Å². The first-order valence-electron chi connectivity index (χ1n) is 9.43. The van der Waals surface area contributed by atoms with Crippen LogP contribution in [0.25, 0.3) is 0 Å². The third-order valence-electron chi connectivity index (χ3n) is 4.61. The monoisotopic (exact) mass is 446 g/mol. The zero-order valence-electron chi connectivity index (χ0n) is 17.0. The average Bonchev–Trinajstić information content (AvgIpc) is 2.72. The van der Waals surface area contributed by atoms with Crippen LogP contribution in [0.2, 0.25) is 5.02 Å². The molecule has 0 spiro atoms. The average molecular weight is 447 g/mol. The molecule has 0 saturated carbocycles. The molecule has 1 heterocycles. The number of methoxy groups -OCH3 is 1. The second kappa shape index (κ2) is 9.82. The fraction of sp³-hybridized carbons (Fsp3) is 0.273. The van der Waals surface area contributed by atoms with Crippen LogP contribution in [0.1, 0.15) is 31.0 Å². The highest BCUT2D eigenvalue weighted by atomic mass is 35.5. The van der Waals surface area contributed by atoms with E-state index in [1.54, 1.807) is 45.2 Å². The molecule has 2 N–H and O–H groups in total. The smallest absolute Gasteiger partial charge is 0.338 e. The number of allylic oxidation sites excluding steroid dienone is 1. The zero-order chi connectivity index (χ0) is 21.7. The number of hydrogen-bond acceptors (Lipinski definition) is 5. The third-order valence-corrected chi connectivity index (χ3v) is 5.08. The Hall–Kier alpha value is -2.77. The predicted molar refractivity (Wildman–Crippen MR) is 120 cm³/mol. The fourth-order valence-corrected chi connectivity index (χ4v) is 3.60. The number of ether oxygens (including phenoxy) is 3. The zero-order valence-corrected chi connectivity index (χ0v) is 18.5. The molecule has 0 amide bonds. The van der Waals surface area contributed by atoms with Crippen molar-refractivity contribution in [3.63, 3.8) is 0 Å². The van der Waals surface area contributed by atoms with Gasteiger partial charge in [0.2, 0.25) is 0 Å². The molecule has 1 aliphatic heterocycles. The van der Waals surface area contributed by atoms with E-state index in [1.165, 1.54) is 0 Å². The van der Waals surface area contributed by atoms with Crippen molar-refractivity contribution in [2.24, 2.45) is 0 Å². The van der Waals surface area contributed by atoms with Gasteiger partial charge in [-0.25, -0.2) is 4.79 Å². The molecule has 0 aliphatic carbocycles. The highest BCUT2D eigenvalue weighted by Gasteiger charge is 2.31. The van der Waals surface area contributed by atoms with Crippen LogP contribution < -0.4 is 20.1 Å². The van der Waals surface area contributed by atoms with E-state index < -0.39 is 12.0 Å². The van der Waals surface area contributed by atoms with Crippen LogP contribution in [0.15, 0.2) is 53.7 Å². The van der Waals surface area contributed by atoms with Crippen molar-refractivity contribution in [3.05, 3.63) is 69.9 Å². The van der Waals surface area contributed by atoms with Crippen molar-refractivity contribution in [3.8, 4) is 11.5 Å². The molecule has 2 aromatic carbocycles. The van der Waals surface area contributed by atoms with Gasteiger partial charge in [0.25, 0.3) is 0 Å². The topological polar surface area (TPSA) is 68.8 Å². The Morgan fingerprint density at radius 3 is 2.60 bits per heavy atom. The summed E-state index contributed by atoms with van der Waals surface area (Å²) in [5.74, 6) is 0.982. The van der Waals surface area contributed by atoms with Gasteiger partial charge >= 0.3 is 5.97 Å². The fourth-order valence-electron chi connectivity index (χ4n) is 3.21. The van der Waals surface area contributed by atoms with E-state index in [9.17, 15) is 4.79 Å². The lowest BCUT2D eigenvalue weighted by Crippen LogP contribution is -2.45. The van der Waals surface area contributed by atoms with Crippen molar-refractivity contribution >= 4 is 34.9 Å². The van der Waals surface area contributed by atoms with E-state index >= 15 is 0 Å². The van der Waals surface area contributed by atoms with Crippen LogP contribution in [0.4, 0.5) is 0 Å². The van der Waals surface area contributed by atoms with Gasteiger partial charge < -0.3 is 24.8 Å². The number of halogens is 1. The second-order valence-corrected chi connectivity index (χ2v) is 7.45. The summed E-state index contributed by atoms with van der Waals surface area (Å²) in [6.07, 6.45) is 0. The summed E-state index contributed by atoms with van der Waals surface area (Å²) in [5, 5.41) is 7.25. The minimum Gasteiger partial charge on any atom is -0.496 e. The minimum atomic E-state index is -0.446. The molecule has 30 heavy (non-hydrogen) atoms. The van der Waals surface area contributed by atoms with Crippen molar-refractivity contribution in [1.82, 2.24) is 10.6 Å². The lowest BCUT2D eigenvalue weighted by atomic mass is 9.94. The largest absolute Gasteiger partial charge is 0.496 e. The van der Waals surface area contributed by atoms with Gasteiger partial charge in [-0.1, -0.05) is 17.7 Å². The van der Waals surface area contributed by atoms with E-state index in [-0.39, 0.29) is 13.2 Å². The third kappa shape index (κ3) is 5.04. The van der Waals surface area contributed by atoms with Crippen molar-refractivity contribution in [2.45, 2.75) is 26.5 Å².